The molecule has 19 heavy (non-hydrogen) atoms. The molecule has 0 spiro atoms. The van der Waals surface area contributed by atoms with Crippen LogP contribution in [0.25, 0.3) is 0 Å². The summed E-state index contributed by atoms with van der Waals surface area (Å²) >= 11 is 0. The van der Waals surface area contributed by atoms with Crippen LogP contribution in [0.3, 0.4) is 0 Å². The summed E-state index contributed by atoms with van der Waals surface area (Å²) in [6.07, 6.45) is 1.95. The van der Waals surface area contributed by atoms with Crippen LogP contribution in [0.1, 0.15) is 5.69 Å². The zero-order valence-corrected chi connectivity index (χ0v) is 9.76. The maximum absolute atomic E-state index is 13.3. The van der Waals surface area contributed by atoms with Crippen molar-refractivity contribution in [2.24, 2.45) is 0 Å². The van der Waals surface area contributed by atoms with E-state index < -0.39 is 29.0 Å². The molecular weight excluding hydrogens is 260 g/mol. The van der Waals surface area contributed by atoms with Crippen molar-refractivity contribution in [3.63, 3.8) is 0 Å². The minimum atomic E-state index is -1.43. The number of nitrogens with one attached hydrogen (secondary N) is 1. The number of pyridine rings is 1. The van der Waals surface area contributed by atoms with Crippen molar-refractivity contribution in [2.45, 2.75) is 6.42 Å². The number of hydrogen-bond acceptors (Lipinski definition) is 2. The van der Waals surface area contributed by atoms with Gasteiger partial charge < -0.3 is 5.32 Å². The number of nitrogens with zero attached hydrogens (tertiary/aromatic N) is 1. The molecular formula is C13H10F4N2. The summed E-state index contributed by atoms with van der Waals surface area (Å²) < 4.78 is 52.5. The lowest BCUT2D eigenvalue weighted by Gasteiger charge is -2.09. The molecule has 1 aromatic carbocycles. The van der Waals surface area contributed by atoms with Gasteiger partial charge in [0.1, 0.15) is 5.69 Å². The Morgan fingerprint density at radius 2 is 1.68 bits per heavy atom. The molecule has 0 bridgehead atoms. The van der Waals surface area contributed by atoms with Crippen molar-refractivity contribution in [3.8, 4) is 0 Å². The fraction of sp³-hybridized carbons (Fsp3) is 0.154. The summed E-state index contributed by atoms with van der Waals surface area (Å²) in [5, 5.41) is 2.34. The second-order valence-corrected chi connectivity index (χ2v) is 3.84. The van der Waals surface area contributed by atoms with Crippen LogP contribution in [0.4, 0.5) is 23.2 Å². The van der Waals surface area contributed by atoms with Crippen LogP contribution in [0.15, 0.2) is 30.5 Å². The highest BCUT2D eigenvalue weighted by atomic mass is 19.2. The zero-order valence-electron chi connectivity index (χ0n) is 9.76. The largest absolute Gasteiger partial charge is 0.380 e. The molecule has 0 saturated carbocycles. The van der Waals surface area contributed by atoms with Crippen molar-refractivity contribution >= 4 is 5.69 Å². The van der Waals surface area contributed by atoms with E-state index in [0.717, 1.165) is 0 Å². The summed E-state index contributed by atoms with van der Waals surface area (Å²) in [6, 6.07) is 5.42. The lowest BCUT2D eigenvalue weighted by molar-refractivity contribution is 0.458. The summed E-state index contributed by atoms with van der Waals surface area (Å²) in [5.74, 6) is -5.72. The first-order valence-corrected chi connectivity index (χ1v) is 5.56. The molecule has 1 heterocycles. The van der Waals surface area contributed by atoms with Crippen LogP contribution in [0.2, 0.25) is 0 Å². The van der Waals surface area contributed by atoms with Gasteiger partial charge in [-0.15, -0.1) is 0 Å². The fourth-order valence-corrected chi connectivity index (χ4v) is 1.59. The molecule has 0 unspecified atom stereocenters. The first-order chi connectivity index (χ1) is 9.09. The molecule has 2 aromatic rings. The number of anilines is 1. The molecule has 0 aliphatic carbocycles. The van der Waals surface area contributed by atoms with E-state index in [9.17, 15) is 17.6 Å². The van der Waals surface area contributed by atoms with Gasteiger partial charge in [0.05, 0.1) is 0 Å². The maximum Gasteiger partial charge on any atom is 0.185 e. The second kappa shape index (κ2) is 5.69. The molecule has 2 rings (SSSR count). The van der Waals surface area contributed by atoms with Crippen LogP contribution in [-0.2, 0) is 6.42 Å². The Hall–Kier alpha value is -2.11. The molecule has 0 amide bonds. The lowest BCUT2D eigenvalue weighted by atomic mass is 10.2. The van der Waals surface area contributed by atoms with E-state index in [2.05, 4.69) is 10.3 Å². The molecule has 0 aliphatic heterocycles. The van der Waals surface area contributed by atoms with Gasteiger partial charge >= 0.3 is 0 Å². The molecule has 6 heteroatoms. The Kier molecular flexibility index (Phi) is 3.99. The lowest BCUT2D eigenvalue weighted by Crippen LogP contribution is -2.11. The predicted octanol–water partition coefficient (Wildman–Crippen LogP) is 3.29. The van der Waals surface area contributed by atoms with E-state index in [1.807, 2.05) is 0 Å². The third kappa shape index (κ3) is 3.01. The van der Waals surface area contributed by atoms with Crippen LogP contribution in [0.5, 0.6) is 0 Å². The fourth-order valence-electron chi connectivity index (χ4n) is 1.59. The van der Waals surface area contributed by atoms with Crippen molar-refractivity contribution in [2.75, 3.05) is 11.9 Å². The number of benzene rings is 1. The zero-order chi connectivity index (χ0) is 13.8. The molecule has 2 nitrogen and oxygen atoms in total. The molecule has 1 aromatic heterocycles. The third-order valence-electron chi connectivity index (χ3n) is 2.52. The van der Waals surface area contributed by atoms with E-state index >= 15 is 0 Å². The molecule has 0 aliphatic rings. The topological polar surface area (TPSA) is 24.9 Å². The third-order valence-corrected chi connectivity index (χ3v) is 2.52. The van der Waals surface area contributed by atoms with Crippen molar-refractivity contribution in [3.05, 3.63) is 59.4 Å². The van der Waals surface area contributed by atoms with E-state index in [1.54, 1.807) is 24.4 Å². The van der Waals surface area contributed by atoms with Crippen molar-refractivity contribution in [1.29, 1.82) is 0 Å². The highest BCUT2D eigenvalue weighted by Gasteiger charge is 2.18. The molecule has 1 N–H and O–H groups in total. The van der Waals surface area contributed by atoms with Crippen LogP contribution >= 0.6 is 0 Å². The van der Waals surface area contributed by atoms with Gasteiger partial charge in [0.15, 0.2) is 23.3 Å². The van der Waals surface area contributed by atoms with Gasteiger partial charge in [-0.3, -0.25) is 4.98 Å². The van der Waals surface area contributed by atoms with E-state index in [0.29, 0.717) is 12.1 Å². The maximum atomic E-state index is 13.3. The van der Waals surface area contributed by atoms with Crippen LogP contribution in [0, 0.1) is 23.3 Å². The van der Waals surface area contributed by atoms with Gasteiger partial charge in [0.2, 0.25) is 0 Å². The summed E-state index contributed by atoms with van der Waals surface area (Å²) in [4.78, 5) is 4.01. The Bertz CT molecular complexity index is 546. The van der Waals surface area contributed by atoms with Gasteiger partial charge in [0.25, 0.3) is 0 Å². The van der Waals surface area contributed by atoms with Crippen LogP contribution < -0.4 is 5.32 Å². The Labute approximate surface area is 107 Å². The van der Waals surface area contributed by atoms with Crippen molar-refractivity contribution in [1.82, 2.24) is 4.98 Å². The smallest absolute Gasteiger partial charge is 0.185 e. The summed E-state index contributed by atoms with van der Waals surface area (Å²) in [5.41, 5.74) is -0.0962. The number of rotatable bonds is 4. The normalized spacial score (nSPS) is 10.5. The molecule has 100 valence electrons. The van der Waals surface area contributed by atoms with Crippen LogP contribution in [-0.4, -0.2) is 11.5 Å². The second-order valence-electron chi connectivity index (χ2n) is 3.84. The Balaban J connectivity index is 2.08. The highest BCUT2D eigenvalue weighted by Crippen LogP contribution is 2.23. The Morgan fingerprint density at radius 1 is 1.00 bits per heavy atom. The minimum absolute atomic E-state index is 0.105. The van der Waals surface area contributed by atoms with E-state index in [-0.39, 0.29) is 12.6 Å². The van der Waals surface area contributed by atoms with Crippen molar-refractivity contribution < 1.29 is 17.6 Å². The first-order valence-electron chi connectivity index (χ1n) is 5.56. The Morgan fingerprint density at radius 3 is 2.26 bits per heavy atom. The average molecular weight is 270 g/mol. The minimum Gasteiger partial charge on any atom is -0.380 e. The average Bonchev–Trinajstić information content (AvgIpc) is 2.42. The number of aromatic nitrogens is 1. The van der Waals surface area contributed by atoms with E-state index in [1.165, 1.54) is 0 Å². The summed E-state index contributed by atoms with van der Waals surface area (Å²) in [7, 11) is 0. The van der Waals surface area contributed by atoms with Gasteiger partial charge in [-0.2, -0.15) is 0 Å². The van der Waals surface area contributed by atoms with Gasteiger partial charge in [-0.05, 0) is 12.1 Å². The summed E-state index contributed by atoms with van der Waals surface area (Å²) in [6.45, 7) is 0.105. The monoisotopic (exact) mass is 270 g/mol. The quantitative estimate of drug-likeness (QED) is 0.681. The molecule has 0 atom stereocenters. The number of hydrogen-bond donors (Lipinski definition) is 1. The number of halogens is 4. The standard InChI is InChI=1S/C13H10F4N2/c14-9-7-10(15)12(17)13(11(9)16)19-6-4-8-3-1-2-5-18-8/h1-3,5,7,19H,4,6H2. The SMILES string of the molecule is Fc1cc(F)c(F)c(NCCc2ccccn2)c1F. The molecule has 0 fully saturated rings. The molecule has 0 radical (unpaired) electrons. The predicted molar refractivity (Wildman–Crippen MR) is 62.7 cm³/mol. The van der Waals surface area contributed by atoms with Gasteiger partial charge in [-0.25, -0.2) is 17.6 Å². The van der Waals surface area contributed by atoms with E-state index in [4.69, 9.17) is 0 Å². The van der Waals surface area contributed by atoms with Gasteiger partial charge in [-0.1, -0.05) is 6.07 Å². The van der Waals surface area contributed by atoms with Gasteiger partial charge in [0, 0.05) is 30.9 Å². The highest BCUT2D eigenvalue weighted by molar-refractivity contribution is 5.47. The first kappa shape index (κ1) is 13.3. The molecule has 0 saturated heterocycles.